The van der Waals surface area contributed by atoms with Gasteiger partial charge in [-0.15, -0.1) is 0 Å². The summed E-state index contributed by atoms with van der Waals surface area (Å²) in [5, 5.41) is 0. The van der Waals surface area contributed by atoms with Crippen molar-refractivity contribution in [2.75, 3.05) is 14.2 Å². The Morgan fingerprint density at radius 3 is 1.61 bits per heavy atom. The molecule has 0 aromatic heterocycles. The lowest BCUT2D eigenvalue weighted by molar-refractivity contribution is -0.322. The summed E-state index contributed by atoms with van der Waals surface area (Å²) >= 11 is 0. The van der Waals surface area contributed by atoms with Gasteiger partial charge in [0.05, 0.1) is 24.4 Å². The highest BCUT2D eigenvalue weighted by Gasteiger charge is 2.45. The van der Waals surface area contributed by atoms with Crippen LogP contribution in [-0.4, -0.2) is 51.2 Å². The molecule has 2 saturated heterocycles. The molecule has 5 nitrogen and oxygen atoms in total. The molecule has 10 atom stereocenters. The van der Waals surface area contributed by atoms with E-state index in [2.05, 4.69) is 41.5 Å². The Bertz CT molecular complexity index is 376. The maximum Gasteiger partial charge on any atom is 0.161 e. The lowest BCUT2D eigenvalue weighted by Gasteiger charge is -2.48. The van der Waals surface area contributed by atoms with Crippen molar-refractivity contribution >= 4 is 0 Å². The van der Waals surface area contributed by atoms with Gasteiger partial charge in [0.2, 0.25) is 0 Å². The van der Waals surface area contributed by atoms with E-state index in [0.29, 0.717) is 11.8 Å². The topological polar surface area (TPSA) is 46.2 Å². The van der Waals surface area contributed by atoms with E-state index in [1.807, 2.05) is 0 Å². The molecule has 2 aliphatic rings. The molecule has 136 valence electrons. The fourth-order valence-electron chi connectivity index (χ4n) is 4.00. The molecular formula is C18H34O5. The summed E-state index contributed by atoms with van der Waals surface area (Å²) < 4.78 is 29.5. The van der Waals surface area contributed by atoms with Crippen molar-refractivity contribution in [3.8, 4) is 0 Å². The minimum absolute atomic E-state index is 0.00217. The highest BCUT2D eigenvalue weighted by molar-refractivity contribution is 4.88. The Kier molecular flexibility index (Phi) is 6.48. The van der Waals surface area contributed by atoms with Gasteiger partial charge in [-0.05, 0) is 25.7 Å². The number of methoxy groups -OCH3 is 2. The van der Waals surface area contributed by atoms with Crippen molar-refractivity contribution in [2.45, 2.75) is 78.5 Å². The molecule has 0 aromatic rings. The van der Waals surface area contributed by atoms with Crippen LogP contribution in [0.4, 0.5) is 0 Å². The summed E-state index contributed by atoms with van der Waals surface area (Å²) in [7, 11) is 3.45. The second kappa shape index (κ2) is 7.79. The first kappa shape index (κ1) is 19.1. The normalized spacial score (nSPS) is 51.7. The molecule has 0 radical (unpaired) electrons. The smallest absolute Gasteiger partial charge is 0.161 e. The molecule has 2 aliphatic heterocycles. The highest BCUT2D eigenvalue weighted by Crippen LogP contribution is 2.38. The molecule has 0 amide bonds. The first-order valence-corrected chi connectivity index (χ1v) is 8.83. The van der Waals surface area contributed by atoms with Gasteiger partial charge in [0.25, 0.3) is 0 Å². The first-order valence-electron chi connectivity index (χ1n) is 8.83. The average molecular weight is 330 g/mol. The molecule has 2 heterocycles. The van der Waals surface area contributed by atoms with Crippen LogP contribution >= 0.6 is 0 Å². The predicted molar refractivity (Wildman–Crippen MR) is 88.0 cm³/mol. The van der Waals surface area contributed by atoms with Crippen LogP contribution in [0.2, 0.25) is 0 Å². The first-order chi connectivity index (χ1) is 10.8. The third-order valence-corrected chi connectivity index (χ3v) is 5.97. The largest absolute Gasteiger partial charge is 0.378 e. The molecule has 0 saturated carbocycles. The van der Waals surface area contributed by atoms with Crippen molar-refractivity contribution in [3.05, 3.63) is 0 Å². The third-order valence-electron chi connectivity index (χ3n) is 5.97. The van der Waals surface area contributed by atoms with Gasteiger partial charge < -0.3 is 23.7 Å². The van der Waals surface area contributed by atoms with Crippen LogP contribution in [0.25, 0.3) is 0 Å². The quantitative estimate of drug-likeness (QED) is 0.793. The van der Waals surface area contributed by atoms with E-state index in [9.17, 15) is 0 Å². The number of hydrogen-bond donors (Lipinski definition) is 0. The van der Waals surface area contributed by atoms with Gasteiger partial charge in [-0.25, -0.2) is 0 Å². The van der Waals surface area contributed by atoms with Crippen LogP contribution < -0.4 is 0 Å². The summed E-state index contributed by atoms with van der Waals surface area (Å²) in [6.45, 7) is 12.9. The van der Waals surface area contributed by atoms with E-state index >= 15 is 0 Å². The van der Waals surface area contributed by atoms with Crippen LogP contribution in [0.1, 0.15) is 41.5 Å². The zero-order valence-electron chi connectivity index (χ0n) is 15.8. The molecule has 10 unspecified atom stereocenters. The third kappa shape index (κ3) is 3.74. The van der Waals surface area contributed by atoms with Gasteiger partial charge in [-0.3, -0.25) is 0 Å². The molecule has 0 N–H and O–H groups in total. The zero-order valence-corrected chi connectivity index (χ0v) is 15.8. The Morgan fingerprint density at radius 1 is 0.565 bits per heavy atom. The average Bonchev–Trinajstić information content (AvgIpc) is 2.52. The fraction of sp³-hybridized carbons (Fsp3) is 1.00. The summed E-state index contributed by atoms with van der Waals surface area (Å²) in [5.74, 6) is 1.27. The van der Waals surface area contributed by atoms with Crippen molar-refractivity contribution in [1.29, 1.82) is 0 Å². The van der Waals surface area contributed by atoms with Gasteiger partial charge in [0.1, 0.15) is 0 Å². The minimum atomic E-state index is -0.226. The minimum Gasteiger partial charge on any atom is -0.378 e. The van der Waals surface area contributed by atoms with E-state index in [1.165, 1.54) is 0 Å². The second-order valence-corrected chi connectivity index (χ2v) is 7.39. The van der Waals surface area contributed by atoms with Gasteiger partial charge >= 0.3 is 0 Å². The number of hydrogen-bond acceptors (Lipinski definition) is 5. The Morgan fingerprint density at radius 2 is 1.04 bits per heavy atom. The lowest BCUT2D eigenvalue weighted by Crippen LogP contribution is -2.55. The monoisotopic (exact) mass is 330 g/mol. The summed E-state index contributed by atoms with van der Waals surface area (Å²) in [4.78, 5) is 0. The molecule has 0 aromatic carbocycles. The van der Waals surface area contributed by atoms with E-state index in [1.54, 1.807) is 14.2 Å². The lowest BCUT2D eigenvalue weighted by atomic mass is 9.83. The zero-order chi connectivity index (χ0) is 17.3. The Hall–Kier alpha value is -0.200. The number of ether oxygens (including phenoxy) is 5. The van der Waals surface area contributed by atoms with Crippen LogP contribution in [0, 0.1) is 23.7 Å². The summed E-state index contributed by atoms with van der Waals surface area (Å²) in [6, 6.07) is 0. The van der Waals surface area contributed by atoms with Crippen LogP contribution in [0.5, 0.6) is 0 Å². The van der Waals surface area contributed by atoms with Crippen molar-refractivity contribution in [3.63, 3.8) is 0 Å². The Labute approximate surface area is 140 Å². The second-order valence-electron chi connectivity index (χ2n) is 7.39. The molecular weight excluding hydrogens is 296 g/mol. The standard InChI is InChI=1S/C18H34O5/c1-9-12(4)18(22-13(5)15(9)19-7)23-16-10(2)11(3)17(20-8)21-14(16)6/h9-18H,1-8H3. The van der Waals surface area contributed by atoms with E-state index in [-0.39, 0.29) is 48.8 Å². The van der Waals surface area contributed by atoms with Gasteiger partial charge in [0.15, 0.2) is 12.6 Å². The molecule has 5 heteroatoms. The van der Waals surface area contributed by atoms with Crippen molar-refractivity contribution in [2.24, 2.45) is 23.7 Å². The van der Waals surface area contributed by atoms with E-state index < -0.39 is 0 Å². The molecule has 0 bridgehead atoms. The van der Waals surface area contributed by atoms with Crippen LogP contribution in [0.3, 0.4) is 0 Å². The van der Waals surface area contributed by atoms with Gasteiger partial charge in [0, 0.05) is 26.1 Å². The van der Waals surface area contributed by atoms with Crippen LogP contribution in [-0.2, 0) is 23.7 Å². The van der Waals surface area contributed by atoms with Gasteiger partial charge in [-0.2, -0.15) is 0 Å². The molecule has 0 spiro atoms. The maximum absolute atomic E-state index is 6.41. The summed E-state index contributed by atoms with van der Waals surface area (Å²) in [5.41, 5.74) is 0. The predicted octanol–water partition coefficient (Wildman–Crippen LogP) is 3.07. The highest BCUT2D eigenvalue weighted by atomic mass is 16.7. The molecule has 2 rings (SSSR count). The fourth-order valence-corrected chi connectivity index (χ4v) is 4.00. The van der Waals surface area contributed by atoms with E-state index in [4.69, 9.17) is 23.7 Å². The van der Waals surface area contributed by atoms with Crippen molar-refractivity contribution < 1.29 is 23.7 Å². The molecule has 2 fully saturated rings. The van der Waals surface area contributed by atoms with Gasteiger partial charge in [-0.1, -0.05) is 27.7 Å². The van der Waals surface area contributed by atoms with Crippen LogP contribution in [0.15, 0.2) is 0 Å². The SMILES string of the molecule is COC1OC(C)C(OC2OC(C)C(OC)C(C)C2C)C(C)C1C. The maximum atomic E-state index is 6.41. The summed E-state index contributed by atoms with van der Waals surface area (Å²) in [6.07, 6.45) is -0.277. The Balaban J connectivity index is 2.06. The van der Waals surface area contributed by atoms with Crippen molar-refractivity contribution in [1.82, 2.24) is 0 Å². The molecule has 23 heavy (non-hydrogen) atoms. The number of rotatable bonds is 4. The molecule has 0 aliphatic carbocycles. The van der Waals surface area contributed by atoms with E-state index in [0.717, 1.165) is 0 Å².